The molecule has 0 aliphatic carbocycles. The summed E-state index contributed by atoms with van der Waals surface area (Å²) in [5.74, 6) is 1.36. The van der Waals surface area contributed by atoms with Crippen LogP contribution in [0.4, 0.5) is 10.1 Å². The van der Waals surface area contributed by atoms with Gasteiger partial charge in [-0.25, -0.2) is 4.39 Å². The first-order valence-corrected chi connectivity index (χ1v) is 12.8. The van der Waals surface area contributed by atoms with Gasteiger partial charge in [-0.05, 0) is 59.9 Å². The van der Waals surface area contributed by atoms with Crippen molar-refractivity contribution in [3.05, 3.63) is 89.2 Å². The summed E-state index contributed by atoms with van der Waals surface area (Å²) >= 11 is 0. The molecule has 0 radical (unpaired) electrons. The molecule has 2 unspecified atom stereocenters. The number of methoxy groups -OCH3 is 2. The molecule has 0 saturated carbocycles. The Bertz CT molecular complexity index is 1220. The van der Waals surface area contributed by atoms with Crippen molar-refractivity contribution < 1.29 is 18.7 Å². The third kappa shape index (κ3) is 5.72. The molecule has 1 amide bonds. The molecule has 2 aliphatic rings. The first-order chi connectivity index (χ1) is 18.0. The van der Waals surface area contributed by atoms with Crippen molar-refractivity contribution in [3.8, 4) is 11.5 Å². The van der Waals surface area contributed by atoms with E-state index < -0.39 is 0 Å². The monoisotopic (exact) mass is 503 g/mol. The standard InChI is InChI=1S/C30H34FN3O3/c1-36-25-10-5-21(6-11-25)13-14-32-30(35)27-17-23-7-12-26(37-2)18-28(23)34-16-15-33(20-29(27)34)19-22-3-8-24(31)9-4-22/h3-12,18,27,29H,13-17,19-20H2,1-2H3,(H,32,35). The lowest BCUT2D eigenvalue weighted by Gasteiger charge is -2.49. The number of piperazine rings is 1. The van der Waals surface area contributed by atoms with Gasteiger partial charge in [-0.15, -0.1) is 0 Å². The van der Waals surface area contributed by atoms with Crippen LogP contribution in [0.1, 0.15) is 16.7 Å². The second-order valence-electron chi connectivity index (χ2n) is 9.82. The van der Waals surface area contributed by atoms with E-state index in [-0.39, 0.29) is 23.7 Å². The van der Waals surface area contributed by atoms with Crippen LogP contribution in [0.3, 0.4) is 0 Å². The Kier molecular flexibility index (Phi) is 7.60. The van der Waals surface area contributed by atoms with Crippen LogP contribution >= 0.6 is 0 Å². The summed E-state index contributed by atoms with van der Waals surface area (Å²) in [4.78, 5) is 18.3. The Morgan fingerprint density at radius 2 is 1.65 bits per heavy atom. The molecule has 0 bridgehead atoms. The number of carbonyl (C=O) groups excluding carboxylic acids is 1. The minimum atomic E-state index is -0.224. The number of fused-ring (bicyclic) bond motifs is 3. The lowest BCUT2D eigenvalue weighted by Crippen LogP contribution is -2.61. The predicted octanol–water partition coefficient (Wildman–Crippen LogP) is 4.06. The van der Waals surface area contributed by atoms with Crippen LogP contribution in [0.2, 0.25) is 0 Å². The van der Waals surface area contributed by atoms with Crippen LogP contribution < -0.4 is 19.7 Å². The smallest absolute Gasteiger partial charge is 0.225 e. The molecule has 5 rings (SSSR count). The molecule has 194 valence electrons. The average Bonchev–Trinajstić information content (AvgIpc) is 2.93. The molecular formula is C30H34FN3O3. The van der Waals surface area contributed by atoms with Gasteiger partial charge in [0, 0.05) is 44.5 Å². The fraction of sp³-hybridized carbons (Fsp3) is 0.367. The summed E-state index contributed by atoms with van der Waals surface area (Å²) in [5.41, 5.74) is 4.58. The second-order valence-corrected chi connectivity index (χ2v) is 9.82. The molecule has 6 nitrogen and oxygen atoms in total. The van der Waals surface area contributed by atoms with Crippen molar-refractivity contribution in [3.63, 3.8) is 0 Å². The highest BCUT2D eigenvalue weighted by atomic mass is 19.1. The average molecular weight is 504 g/mol. The molecule has 2 atom stereocenters. The first kappa shape index (κ1) is 25.1. The molecule has 1 fully saturated rings. The van der Waals surface area contributed by atoms with Gasteiger partial charge in [0.1, 0.15) is 17.3 Å². The number of nitrogens with one attached hydrogen (secondary N) is 1. The maximum absolute atomic E-state index is 13.5. The van der Waals surface area contributed by atoms with Crippen LogP contribution in [-0.2, 0) is 24.2 Å². The molecule has 0 aromatic heterocycles. The predicted molar refractivity (Wildman–Crippen MR) is 143 cm³/mol. The van der Waals surface area contributed by atoms with Gasteiger partial charge in [0.15, 0.2) is 0 Å². The van der Waals surface area contributed by atoms with Crippen LogP contribution in [0, 0.1) is 11.7 Å². The van der Waals surface area contributed by atoms with E-state index in [1.807, 2.05) is 42.5 Å². The Morgan fingerprint density at radius 1 is 0.946 bits per heavy atom. The van der Waals surface area contributed by atoms with Gasteiger partial charge in [0.2, 0.25) is 5.91 Å². The fourth-order valence-electron chi connectivity index (χ4n) is 5.51. The Morgan fingerprint density at radius 3 is 2.38 bits per heavy atom. The third-order valence-electron chi connectivity index (χ3n) is 7.54. The number of anilines is 1. The number of hydrogen-bond donors (Lipinski definition) is 1. The Hall–Kier alpha value is -3.58. The molecule has 2 heterocycles. The number of halogens is 1. The van der Waals surface area contributed by atoms with Crippen molar-refractivity contribution in [1.82, 2.24) is 10.2 Å². The second kappa shape index (κ2) is 11.2. The number of rotatable bonds is 8. The van der Waals surface area contributed by atoms with E-state index in [2.05, 4.69) is 27.2 Å². The minimum absolute atomic E-state index is 0.0507. The first-order valence-electron chi connectivity index (χ1n) is 12.8. The SMILES string of the molecule is COc1ccc(CCNC(=O)C2Cc3ccc(OC)cc3N3CCN(Cc4ccc(F)cc4)CC23)cc1. The third-order valence-corrected chi connectivity index (χ3v) is 7.54. The number of benzene rings is 3. The van der Waals surface area contributed by atoms with Crippen LogP contribution in [-0.4, -0.2) is 57.2 Å². The summed E-state index contributed by atoms with van der Waals surface area (Å²) < 4.78 is 24.1. The molecule has 7 heteroatoms. The van der Waals surface area contributed by atoms with Gasteiger partial charge >= 0.3 is 0 Å². The fourth-order valence-corrected chi connectivity index (χ4v) is 5.51. The van der Waals surface area contributed by atoms with E-state index >= 15 is 0 Å². The van der Waals surface area contributed by atoms with Gasteiger partial charge < -0.3 is 19.7 Å². The summed E-state index contributed by atoms with van der Waals surface area (Å²) in [7, 11) is 3.34. The Balaban J connectivity index is 1.30. The molecule has 37 heavy (non-hydrogen) atoms. The van der Waals surface area contributed by atoms with E-state index in [9.17, 15) is 9.18 Å². The molecule has 1 N–H and O–H groups in total. The van der Waals surface area contributed by atoms with Gasteiger partial charge in [-0.1, -0.05) is 30.3 Å². The van der Waals surface area contributed by atoms with E-state index in [1.54, 1.807) is 14.2 Å². The van der Waals surface area contributed by atoms with Crippen LogP contribution in [0.5, 0.6) is 11.5 Å². The maximum atomic E-state index is 13.5. The van der Waals surface area contributed by atoms with Gasteiger partial charge in [0.25, 0.3) is 0 Å². The highest BCUT2D eigenvalue weighted by molar-refractivity contribution is 5.82. The summed E-state index contributed by atoms with van der Waals surface area (Å²) in [6, 6.07) is 20.9. The molecule has 3 aromatic carbocycles. The number of ether oxygens (including phenoxy) is 2. The topological polar surface area (TPSA) is 54.0 Å². The quantitative estimate of drug-likeness (QED) is 0.503. The molecular weight excluding hydrogens is 469 g/mol. The van der Waals surface area contributed by atoms with Gasteiger partial charge in [0.05, 0.1) is 26.2 Å². The highest BCUT2D eigenvalue weighted by Crippen LogP contribution is 2.38. The zero-order valence-corrected chi connectivity index (χ0v) is 21.5. The van der Waals surface area contributed by atoms with Gasteiger partial charge in [-0.2, -0.15) is 0 Å². The largest absolute Gasteiger partial charge is 0.497 e. The normalized spacial score (nSPS) is 19.1. The van der Waals surface area contributed by atoms with Crippen molar-refractivity contribution in [2.45, 2.75) is 25.4 Å². The lowest BCUT2D eigenvalue weighted by atomic mass is 9.83. The van der Waals surface area contributed by atoms with Crippen molar-refractivity contribution in [2.75, 3.05) is 45.3 Å². The van der Waals surface area contributed by atoms with E-state index in [0.29, 0.717) is 13.0 Å². The molecule has 3 aromatic rings. The van der Waals surface area contributed by atoms with E-state index in [1.165, 1.54) is 17.7 Å². The maximum Gasteiger partial charge on any atom is 0.225 e. The zero-order valence-electron chi connectivity index (χ0n) is 21.5. The van der Waals surface area contributed by atoms with Crippen molar-refractivity contribution >= 4 is 11.6 Å². The highest BCUT2D eigenvalue weighted by Gasteiger charge is 2.41. The van der Waals surface area contributed by atoms with E-state index in [0.717, 1.165) is 60.9 Å². The summed E-state index contributed by atoms with van der Waals surface area (Å²) in [6.45, 7) is 3.78. The molecule has 0 spiro atoms. The number of amides is 1. The van der Waals surface area contributed by atoms with E-state index in [4.69, 9.17) is 9.47 Å². The minimum Gasteiger partial charge on any atom is -0.497 e. The summed E-state index contributed by atoms with van der Waals surface area (Å²) in [6.07, 6.45) is 1.46. The molecule has 2 aliphatic heterocycles. The summed E-state index contributed by atoms with van der Waals surface area (Å²) in [5, 5.41) is 3.20. The van der Waals surface area contributed by atoms with Crippen LogP contribution in [0.25, 0.3) is 0 Å². The number of nitrogens with zero attached hydrogens (tertiary/aromatic N) is 2. The Labute approximate surface area is 218 Å². The number of carbonyl (C=O) groups is 1. The zero-order chi connectivity index (χ0) is 25.8. The number of hydrogen-bond acceptors (Lipinski definition) is 5. The van der Waals surface area contributed by atoms with Crippen LogP contribution in [0.15, 0.2) is 66.7 Å². The van der Waals surface area contributed by atoms with Crippen molar-refractivity contribution in [1.29, 1.82) is 0 Å². The molecule has 1 saturated heterocycles. The lowest BCUT2D eigenvalue weighted by molar-refractivity contribution is -0.126. The van der Waals surface area contributed by atoms with Gasteiger partial charge in [-0.3, -0.25) is 9.69 Å². The van der Waals surface area contributed by atoms with Crippen molar-refractivity contribution in [2.24, 2.45) is 5.92 Å².